The van der Waals surface area contributed by atoms with Gasteiger partial charge in [-0.25, -0.2) is 4.79 Å². The average molecular weight is 221 g/mol. The lowest BCUT2D eigenvalue weighted by molar-refractivity contribution is -0.144. The van der Waals surface area contributed by atoms with E-state index in [4.69, 9.17) is 0 Å². The highest BCUT2D eigenvalue weighted by Crippen LogP contribution is 2.23. The Morgan fingerprint density at radius 1 is 1.31 bits per heavy atom. The van der Waals surface area contributed by atoms with Gasteiger partial charge in [0.15, 0.2) is 0 Å². The molecule has 0 saturated carbocycles. The number of likely N-dealkylation sites (N-methyl/N-ethyl adjacent to an activating group) is 1. The van der Waals surface area contributed by atoms with Crippen LogP contribution in [0.5, 0.6) is 0 Å². The smallest absolute Gasteiger partial charge is 0.328 e. The number of hydrogen-bond acceptors (Lipinski definition) is 2. The van der Waals surface area contributed by atoms with Crippen LogP contribution in [0.15, 0.2) is 24.3 Å². The summed E-state index contributed by atoms with van der Waals surface area (Å²) in [6.45, 7) is 5.90. The Morgan fingerprint density at radius 3 is 2.12 bits per heavy atom. The van der Waals surface area contributed by atoms with E-state index >= 15 is 0 Å². The molecule has 0 heterocycles. The third-order valence-electron chi connectivity index (χ3n) is 3.08. The van der Waals surface area contributed by atoms with Crippen LogP contribution in [0, 0.1) is 0 Å². The van der Waals surface area contributed by atoms with Gasteiger partial charge < -0.3 is 10.4 Å². The maximum absolute atomic E-state index is 11.2. The van der Waals surface area contributed by atoms with Crippen molar-refractivity contribution in [1.29, 1.82) is 0 Å². The van der Waals surface area contributed by atoms with Gasteiger partial charge in [-0.1, -0.05) is 38.1 Å². The van der Waals surface area contributed by atoms with E-state index in [2.05, 4.69) is 19.2 Å². The minimum absolute atomic E-state index is 0.458. The molecule has 2 N–H and O–H groups in total. The lowest BCUT2D eigenvalue weighted by Crippen LogP contribution is -2.44. The van der Waals surface area contributed by atoms with Gasteiger partial charge in [-0.05, 0) is 31.0 Å². The molecule has 3 heteroatoms. The molecular weight excluding hydrogens is 202 g/mol. The van der Waals surface area contributed by atoms with E-state index in [0.717, 1.165) is 5.56 Å². The van der Waals surface area contributed by atoms with Crippen molar-refractivity contribution in [2.75, 3.05) is 7.05 Å². The molecule has 0 aromatic heterocycles. The molecule has 0 aliphatic rings. The van der Waals surface area contributed by atoms with Gasteiger partial charge in [-0.15, -0.1) is 0 Å². The Labute approximate surface area is 96.5 Å². The molecule has 0 aliphatic heterocycles. The van der Waals surface area contributed by atoms with Crippen molar-refractivity contribution in [3.63, 3.8) is 0 Å². The Kier molecular flexibility index (Phi) is 3.70. The molecule has 3 nitrogen and oxygen atoms in total. The third-order valence-corrected chi connectivity index (χ3v) is 3.08. The lowest BCUT2D eigenvalue weighted by atomic mass is 9.90. The number of rotatable bonds is 4. The van der Waals surface area contributed by atoms with Crippen LogP contribution in [0.3, 0.4) is 0 Å². The molecule has 1 atom stereocenters. The first-order valence-electron chi connectivity index (χ1n) is 5.44. The molecule has 16 heavy (non-hydrogen) atoms. The SMILES string of the molecule is CNC(C)(C(=O)O)c1ccc(C(C)C)cc1. The molecule has 0 fully saturated rings. The van der Waals surface area contributed by atoms with Crippen molar-refractivity contribution < 1.29 is 9.90 Å². The summed E-state index contributed by atoms with van der Waals surface area (Å²) >= 11 is 0. The van der Waals surface area contributed by atoms with E-state index in [1.165, 1.54) is 5.56 Å². The number of nitrogens with one attached hydrogen (secondary N) is 1. The summed E-state index contributed by atoms with van der Waals surface area (Å²) in [6, 6.07) is 7.72. The highest BCUT2D eigenvalue weighted by atomic mass is 16.4. The van der Waals surface area contributed by atoms with Gasteiger partial charge in [0.05, 0.1) is 0 Å². The topological polar surface area (TPSA) is 49.3 Å². The number of benzene rings is 1. The second-order valence-corrected chi connectivity index (χ2v) is 4.46. The average Bonchev–Trinajstić information content (AvgIpc) is 2.27. The molecule has 1 rings (SSSR count). The zero-order valence-corrected chi connectivity index (χ0v) is 10.2. The maximum atomic E-state index is 11.2. The Hall–Kier alpha value is -1.35. The lowest BCUT2D eigenvalue weighted by Gasteiger charge is -2.25. The zero-order valence-electron chi connectivity index (χ0n) is 10.2. The minimum atomic E-state index is -1.02. The molecule has 0 amide bonds. The van der Waals surface area contributed by atoms with Gasteiger partial charge in [-0.3, -0.25) is 0 Å². The quantitative estimate of drug-likeness (QED) is 0.820. The van der Waals surface area contributed by atoms with Gasteiger partial charge in [0, 0.05) is 0 Å². The van der Waals surface area contributed by atoms with Crippen LogP contribution in [-0.4, -0.2) is 18.1 Å². The first-order valence-corrected chi connectivity index (χ1v) is 5.44. The molecular formula is C13H19NO2. The van der Waals surface area contributed by atoms with Crippen molar-refractivity contribution in [3.8, 4) is 0 Å². The number of aliphatic carboxylic acids is 1. The standard InChI is InChI=1S/C13H19NO2/c1-9(2)10-5-7-11(8-6-10)13(3,14-4)12(15)16/h5-9,14H,1-4H3,(H,15,16). The summed E-state index contributed by atoms with van der Waals surface area (Å²) in [5, 5.41) is 12.0. The molecule has 0 saturated heterocycles. The summed E-state index contributed by atoms with van der Waals surface area (Å²) in [4.78, 5) is 11.2. The summed E-state index contributed by atoms with van der Waals surface area (Å²) < 4.78 is 0. The minimum Gasteiger partial charge on any atom is -0.480 e. The highest BCUT2D eigenvalue weighted by Gasteiger charge is 2.33. The van der Waals surface area contributed by atoms with Crippen molar-refractivity contribution in [1.82, 2.24) is 5.32 Å². The maximum Gasteiger partial charge on any atom is 0.328 e. The first kappa shape index (κ1) is 12.7. The molecule has 0 radical (unpaired) electrons. The largest absolute Gasteiger partial charge is 0.480 e. The monoisotopic (exact) mass is 221 g/mol. The van der Waals surface area contributed by atoms with Crippen LogP contribution in [0.2, 0.25) is 0 Å². The van der Waals surface area contributed by atoms with E-state index in [-0.39, 0.29) is 0 Å². The van der Waals surface area contributed by atoms with Crippen molar-refractivity contribution in [3.05, 3.63) is 35.4 Å². The van der Waals surface area contributed by atoms with Crippen LogP contribution >= 0.6 is 0 Å². The zero-order chi connectivity index (χ0) is 12.3. The van der Waals surface area contributed by atoms with Crippen LogP contribution in [-0.2, 0) is 10.3 Å². The number of carboxylic acid groups (broad SMARTS) is 1. The predicted molar refractivity (Wildman–Crippen MR) is 64.6 cm³/mol. The third kappa shape index (κ3) is 2.25. The summed E-state index contributed by atoms with van der Waals surface area (Å²) in [5.41, 5.74) is 0.967. The fourth-order valence-corrected chi connectivity index (χ4v) is 1.58. The van der Waals surface area contributed by atoms with Crippen molar-refractivity contribution in [2.24, 2.45) is 0 Å². The van der Waals surface area contributed by atoms with Gasteiger partial charge in [0.25, 0.3) is 0 Å². The molecule has 0 spiro atoms. The Morgan fingerprint density at radius 2 is 1.81 bits per heavy atom. The van der Waals surface area contributed by atoms with Crippen molar-refractivity contribution >= 4 is 5.97 Å². The van der Waals surface area contributed by atoms with E-state index in [1.54, 1.807) is 14.0 Å². The van der Waals surface area contributed by atoms with Crippen molar-refractivity contribution in [2.45, 2.75) is 32.2 Å². The van der Waals surface area contributed by atoms with Gasteiger partial charge in [0.1, 0.15) is 5.54 Å². The molecule has 0 bridgehead atoms. The number of hydrogen-bond donors (Lipinski definition) is 2. The van der Waals surface area contributed by atoms with E-state index in [1.807, 2.05) is 24.3 Å². The second-order valence-electron chi connectivity index (χ2n) is 4.46. The van der Waals surface area contributed by atoms with Crippen LogP contribution < -0.4 is 5.32 Å². The fourth-order valence-electron chi connectivity index (χ4n) is 1.58. The summed E-state index contributed by atoms with van der Waals surface area (Å²) in [5.74, 6) is -0.410. The predicted octanol–water partition coefficient (Wildman–Crippen LogP) is 2.33. The molecule has 1 aromatic rings. The van der Waals surface area contributed by atoms with Crippen LogP contribution in [0.4, 0.5) is 0 Å². The molecule has 0 aliphatic carbocycles. The van der Waals surface area contributed by atoms with Gasteiger partial charge in [0.2, 0.25) is 0 Å². The normalized spacial score (nSPS) is 14.8. The van der Waals surface area contributed by atoms with Crippen LogP contribution in [0.25, 0.3) is 0 Å². The molecule has 1 aromatic carbocycles. The summed E-state index contributed by atoms with van der Waals surface area (Å²) in [6.07, 6.45) is 0. The number of carboxylic acids is 1. The summed E-state index contributed by atoms with van der Waals surface area (Å²) in [7, 11) is 1.66. The molecule has 88 valence electrons. The van der Waals surface area contributed by atoms with Gasteiger partial charge in [-0.2, -0.15) is 0 Å². The highest BCUT2D eigenvalue weighted by molar-refractivity contribution is 5.80. The fraction of sp³-hybridized carbons (Fsp3) is 0.462. The van der Waals surface area contributed by atoms with E-state index < -0.39 is 11.5 Å². The Balaban J connectivity index is 3.09. The van der Waals surface area contributed by atoms with Gasteiger partial charge >= 0.3 is 5.97 Å². The Bertz CT molecular complexity index is 370. The van der Waals surface area contributed by atoms with E-state index in [0.29, 0.717) is 5.92 Å². The second kappa shape index (κ2) is 4.66. The first-order chi connectivity index (χ1) is 7.41. The molecule has 1 unspecified atom stereocenters. The van der Waals surface area contributed by atoms with E-state index in [9.17, 15) is 9.90 Å². The van der Waals surface area contributed by atoms with Crippen LogP contribution in [0.1, 0.15) is 37.8 Å². The number of carbonyl (C=O) groups is 1.